The Kier molecular flexibility index (Phi) is 6.72. The Bertz CT molecular complexity index is 241. The van der Waals surface area contributed by atoms with E-state index >= 15 is 0 Å². The molecule has 0 aromatic rings. The summed E-state index contributed by atoms with van der Waals surface area (Å²) in [5.74, 6) is -0.903. The Hall–Kier alpha value is -1.10. The molecule has 5 nitrogen and oxygen atoms in total. The van der Waals surface area contributed by atoms with Crippen molar-refractivity contribution in [1.29, 1.82) is 0 Å². The number of carboxylic acids is 1. The Morgan fingerprint density at radius 2 is 1.94 bits per heavy atom. The first-order valence-corrected chi connectivity index (χ1v) is 5.65. The van der Waals surface area contributed by atoms with Crippen molar-refractivity contribution >= 4 is 11.9 Å². The maximum absolute atomic E-state index is 11.8. The van der Waals surface area contributed by atoms with E-state index in [0.717, 1.165) is 0 Å². The molecule has 2 atom stereocenters. The molecule has 0 rings (SSSR count). The lowest BCUT2D eigenvalue weighted by atomic mass is 10.1. The largest absolute Gasteiger partial charge is 0.481 e. The van der Waals surface area contributed by atoms with Crippen LogP contribution in [-0.2, 0) is 9.59 Å². The van der Waals surface area contributed by atoms with Crippen molar-refractivity contribution in [1.82, 2.24) is 4.90 Å². The van der Waals surface area contributed by atoms with Crippen LogP contribution in [0.3, 0.4) is 0 Å². The monoisotopic (exact) mass is 230 g/mol. The van der Waals surface area contributed by atoms with Gasteiger partial charge in [-0.3, -0.25) is 9.59 Å². The average molecular weight is 230 g/mol. The molecule has 0 radical (unpaired) electrons. The minimum atomic E-state index is -0.883. The summed E-state index contributed by atoms with van der Waals surface area (Å²) in [6.07, 6.45) is 1.00. The third kappa shape index (κ3) is 5.70. The van der Waals surface area contributed by atoms with Gasteiger partial charge >= 0.3 is 5.97 Å². The molecule has 2 unspecified atom stereocenters. The van der Waals surface area contributed by atoms with E-state index in [0.29, 0.717) is 19.4 Å². The van der Waals surface area contributed by atoms with Gasteiger partial charge < -0.3 is 15.7 Å². The molecule has 0 aromatic heterocycles. The molecule has 94 valence electrons. The minimum Gasteiger partial charge on any atom is -0.481 e. The number of carbonyl (C=O) groups excluding carboxylic acids is 1. The molecule has 16 heavy (non-hydrogen) atoms. The number of hydrogen-bond donors (Lipinski definition) is 2. The lowest BCUT2D eigenvalue weighted by Crippen LogP contribution is -2.40. The van der Waals surface area contributed by atoms with E-state index in [1.165, 1.54) is 0 Å². The van der Waals surface area contributed by atoms with Gasteiger partial charge in [-0.05, 0) is 27.2 Å². The van der Waals surface area contributed by atoms with Crippen molar-refractivity contribution in [2.24, 2.45) is 5.73 Å². The maximum Gasteiger partial charge on any atom is 0.305 e. The van der Waals surface area contributed by atoms with Crippen molar-refractivity contribution in [2.75, 3.05) is 6.54 Å². The van der Waals surface area contributed by atoms with Crippen LogP contribution >= 0.6 is 0 Å². The van der Waals surface area contributed by atoms with Crippen LogP contribution in [0.15, 0.2) is 0 Å². The molecule has 0 fully saturated rings. The molecule has 0 aliphatic heterocycles. The molecule has 3 N–H and O–H groups in total. The van der Waals surface area contributed by atoms with Gasteiger partial charge in [0.1, 0.15) is 0 Å². The van der Waals surface area contributed by atoms with E-state index < -0.39 is 5.97 Å². The number of nitrogens with zero attached hydrogens (tertiary/aromatic N) is 1. The van der Waals surface area contributed by atoms with Gasteiger partial charge in [0.05, 0.1) is 6.42 Å². The fourth-order valence-electron chi connectivity index (χ4n) is 1.59. The summed E-state index contributed by atoms with van der Waals surface area (Å²) in [4.78, 5) is 23.9. The maximum atomic E-state index is 11.8. The Labute approximate surface area is 96.6 Å². The van der Waals surface area contributed by atoms with Crippen LogP contribution in [0.4, 0.5) is 0 Å². The number of hydrogen-bond acceptors (Lipinski definition) is 3. The van der Waals surface area contributed by atoms with Crippen molar-refractivity contribution in [3.8, 4) is 0 Å². The Morgan fingerprint density at radius 1 is 1.38 bits per heavy atom. The van der Waals surface area contributed by atoms with Gasteiger partial charge in [0.2, 0.25) is 5.91 Å². The summed E-state index contributed by atoms with van der Waals surface area (Å²) < 4.78 is 0. The van der Waals surface area contributed by atoms with Gasteiger partial charge in [-0.15, -0.1) is 0 Å². The summed E-state index contributed by atoms with van der Waals surface area (Å²) in [7, 11) is 0. The van der Waals surface area contributed by atoms with Crippen LogP contribution in [0, 0.1) is 0 Å². The zero-order valence-corrected chi connectivity index (χ0v) is 10.3. The highest BCUT2D eigenvalue weighted by atomic mass is 16.4. The number of aliphatic carboxylic acids is 1. The smallest absolute Gasteiger partial charge is 0.305 e. The average Bonchev–Trinajstić information content (AvgIpc) is 2.14. The van der Waals surface area contributed by atoms with Crippen molar-refractivity contribution in [3.63, 3.8) is 0 Å². The fourth-order valence-corrected chi connectivity index (χ4v) is 1.59. The predicted octanol–water partition coefficient (Wildman–Crippen LogP) is 0.825. The molecule has 0 saturated carbocycles. The van der Waals surface area contributed by atoms with Gasteiger partial charge in [0.25, 0.3) is 0 Å². The van der Waals surface area contributed by atoms with Crippen LogP contribution in [-0.4, -0.2) is 40.5 Å². The van der Waals surface area contributed by atoms with Crippen LogP contribution in [0.25, 0.3) is 0 Å². The summed E-state index contributed by atoms with van der Waals surface area (Å²) >= 11 is 0. The summed E-state index contributed by atoms with van der Waals surface area (Å²) in [6, 6.07) is -0.263. The molecule has 0 bridgehead atoms. The van der Waals surface area contributed by atoms with E-state index in [-0.39, 0.29) is 24.4 Å². The normalized spacial score (nSPS) is 14.2. The van der Waals surface area contributed by atoms with Gasteiger partial charge in [0.15, 0.2) is 0 Å². The molecule has 0 aliphatic carbocycles. The quantitative estimate of drug-likeness (QED) is 0.678. The van der Waals surface area contributed by atoms with E-state index in [4.69, 9.17) is 10.8 Å². The van der Waals surface area contributed by atoms with E-state index in [1.807, 2.05) is 13.8 Å². The number of nitrogens with two attached hydrogens (primary N) is 1. The number of carbonyl (C=O) groups is 2. The van der Waals surface area contributed by atoms with Crippen molar-refractivity contribution < 1.29 is 14.7 Å². The second kappa shape index (κ2) is 7.22. The lowest BCUT2D eigenvalue weighted by molar-refractivity contribution is -0.140. The first-order chi connectivity index (χ1) is 7.38. The molecular weight excluding hydrogens is 208 g/mol. The summed E-state index contributed by atoms with van der Waals surface area (Å²) in [6.45, 7) is 5.99. The Balaban J connectivity index is 4.24. The number of amides is 1. The van der Waals surface area contributed by atoms with Crippen LogP contribution in [0.2, 0.25) is 0 Å². The zero-order chi connectivity index (χ0) is 12.7. The molecule has 0 saturated heterocycles. The lowest BCUT2D eigenvalue weighted by Gasteiger charge is -2.27. The first kappa shape index (κ1) is 14.9. The third-order valence-corrected chi connectivity index (χ3v) is 2.48. The summed E-state index contributed by atoms with van der Waals surface area (Å²) in [5, 5.41) is 8.67. The van der Waals surface area contributed by atoms with Gasteiger partial charge in [-0.25, -0.2) is 0 Å². The topological polar surface area (TPSA) is 83.6 Å². The first-order valence-electron chi connectivity index (χ1n) is 5.65. The Morgan fingerprint density at radius 3 is 2.31 bits per heavy atom. The summed E-state index contributed by atoms with van der Waals surface area (Å²) in [5.41, 5.74) is 5.57. The third-order valence-electron chi connectivity index (χ3n) is 2.48. The standard InChI is InChI=1S/C11H22N2O3/c1-4-13(9(3)7-11(15)16)10(14)6-5-8(2)12/h8-9H,4-7,12H2,1-3H3,(H,15,16). The second-order valence-corrected chi connectivity index (χ2v) is 4.14. The van der Waals surface area contributed by atoms with E-state index in [1.54, 1.807) is 11.8 Å². The molecule has 0 spiro atoms. The molecule has 0 aliphatic rings. The fraction of sp³-hybridized carbons (Fsp3) is 0.818. The molecule has 5 heteroatoms. The molecular formula is C11H22N2O3. The predicted molar refractivity (Wildman–Crippen MR) is 62.0 cm³/mol. The van der Waals surface area contributed by atoms with Gasteiger partial charge in [-0.1, -0.05) is 0 Å². The highest BCUT2D eigenvalue weighted by molar-refractivity contribution is 5.77. The highest BCUT2D eigenvalue weighted by Crippen LogP contribution is 2.08. The van der Waals surface area contributed by atoms with Crippen molar-refractivity contribution in [2.45, 2.75) is 52.1 Å². The zero-order valence-electron chi connectivity index (χ0n) is 10.3. The van der Waals surface area contributed by atoms with Crippen LogP contribution < -0.4 is 5.73 Å². The molecule has 1 amide bonds. The van der Waals surface area contributed by atoms with Gasteiger partial charge in [-0.2, -0.15) is 0 Å². The molecule has 0 aromatic carbocycles. The SMILES string of the molecule is CCN(C(=O)CCC(C)N)C(C)CC(=O)O. The number of carboxylic acid groups (broad SMARTS) is 1. The minimum absolute atomic E-state index is 0.00237. The van der Waals surface area contributed by atoms with Crippen molar-refractivity contribution in [3.05, 3.63) is 0 Å². The molecule has 0 heterocycles. The van der Waals surface area contributed by atoms with Crippen LogP contribution in [0.1, 0.15) is 40.0 Å². The van der Waals surface area contributed by atoms with E-state index in [2.05, 4.69) is 0 Å². The second-order valence-electron chi connectivity index (χ2n) is 4.14. The number of rotatable bonds is 7. The van der Waals surface area contributed by atoms with E-state index in [9.17, 15) is 9.59 Å². The van der Waals surface area contributed by atoms with Gasteiger partial charge in [0, 0.05) is 25.0 Å². The van der Waals surface area contributed by atoms with Crippen LogP contribution in [0.5, 0.6) is 0 Å². The highest BCUT2D eigenvalue weighted by Gasteiger charge is 2.20.